The zero-order valence-electron chi connectivity index (χ0n) is 21.6. The minimum atomic E-state index is -4.04. The number of rotatable bonds is 7. The third kappa shape index (κ3) is 6.33. The van der Waals surface area contributed by atoms with E-state index in [2.05, 4.69) is 5.48 Å². The van der Waals surface area contributed by atoms with Crippen molar-refractivity contribution in [3.8, 4) is 11.5 Å². The molecular formula is C25H35N3O6SSi. The lowest BCUT2D eigenvalue weighted by atomic mass is 10.2. The highest BCUT2D eigenvalue weighted by Crippen LogP contribution is 2.36. The van der Waals surface area contributed by atoms with E-state index in [1.165, 1.54) is 24.0 Å². The maximum absolute atomic E-state index is 13.6. The van der Waals surface area contributed by atoms with Gasteiger partial charge in [-0.15, -0.1) is 0 Å². The molecular weight excluding hydrogens is 498 g/mol. The van der Waals surface area contributed by atoms with Crippen molar-refractivity contribution in [2.75, 3.05) is 19.6 Å². The number of ether oxygens (including phenoxy) is 1. The zero-order chi connectivity index (χ0) is 26.7. The molecule has 1 unspecified atom stereocenters. The van der Waals surface area contributed by atoms with E-state index in [4.69, 9.17) is 9.26 Å². The Morgan fingerprint density at radius 3 is 2.11 bits per heavy atom. The number of piperazine rings is 1. The lowest BCUT2D eigenvalue weighted by Crippen LogP contribution is -2.62. The molecule has 9 nitrogen and oxygen atoms in total. The van der Waals surface area contributed by atoms with Gasteiger partial charge < -0.3 is 14.2 Å². The molecule has 0 aliphatic carbocycles. The van der Waals surface area contributed by atoms with Gasteiger partial charge in [-0.2, -0.15) is 4.31 Å². The summed E-state index contributed by atoms with van der Waals surface area (Å²) in [6.45, 7) is 11.6. The quantitative estimate of drug-likeness (QED) is 0.429. The maximum atomic E-state index is 13.6. The van der Waals surface area contributed by atoms with E-state index in [0.29, 0.717) is 11.5 Å². The molecule has 3 rings (SSSR count). The van der Waals surface area contributed by atoms with Gasteiger partial charge in [0.1, 0.15) is 17.5 Å². The van der Waals surface area contributed by atoms with E-state index in [-0.39, 0.29) is 35.5 Å². The number of hydrogen-bond donors (Lipinski definition) is 1. The lowest BCUT2D eigenvalue weighted by molar-refractivity contribution is -0.138. The van der Waals surface area contributed by atoms with Crippen LogP contribution in [0.25, 0.3) is 0 Å². The monoisotopic (exact) mass is 533 g/mol. The molecule has 1 aliphatic rings. The van der Waals surface area contributed by atoms with E-state index in [1.807, 2.05) is 52.1 Å². The first-order valence-electron chi connectivity index (χ1n) is 11.8. The number of nitrogens with zero attached hydrogens (tertiary/aromatic N) is 2. The van der Waals surface area contributed by atoms with Crippen molar-refractivity contribution in [3.63, 3.8) is 0 Å². The first kappa shape index (κ1) is 27.8. The van der Waals surface area contributed by atoms with Crippen molar-refractivity contribution in [1.29, 1.82) is 0 Å². The number of amides is 2. The fourth-order valence-electron chi connectivity index (χ4n) is 3.39. The minimum Gasteiger partial charge on any atom is -0.457 e. The molecule has 1 fully saturated rings. The average molecular weight is 534 g/mol. The van der Waals surface area contributed by atoms with Gasteiger partial charge in [-0.1, -0.05) is 39.0 Å². The Bertz CT molecular complexity index is 1180. The highest BCUT2D eigenvalue weighted by atomic mass is 32.2. The van der Waals surface area contributed by atoms with Gasteiger partial charge in [-0.05, 0) is 54.5 Å². The van der Waals surface area contributed by atoms with Crippen LogP contribution in [0.15, 0.2) is 59.5 Å². The third-order valence-corrected chi connectivity index (χ3v) is 12.8. The molecule has 0 saturated carbocycles. The summed E-state index contributed by atoms with van der Waals surface area (Å²) in [4.78, 5) is 26.7. The third-order valence-electron chi connectivity index (χ3n) is 6.70. The zero-order valence-corrected chi connectivity index (χ0v) is 23.5. The Labute approximate surface area is 214 Å². The number of carbonyl (C=O) groups excluding carboxylic acids is 2. The Morgan fingerprint density at radius 1 is 0.972 bits per heavy atom. The molecule has 0 spiro atoms. The van der Waals surface area contributed by atoms with Crippen molar-refractivity contribution in [3.05, 3.63) is 54.6 Å². The topological polar surface area (TPSA) is 105 Å². The van der Waals surface area contributed by atoms with Crippen molar-refractivity contribution in [2.45, 2.75) is 56.8 Å². The van der Waals surface area contributed by atoms with Crippen molar-refractivity contribution in [1.82, 2.24) is 14.7 Å². The number of benzene rings is 2. The van der Waals surface area contributed by atoms with Crippen LogP contribution in [-0.2, 0) is 24.1 Å². The highest BCUT2D eigenvalue weighted by molar-refractivity contribution is 7.89. The van der Waals surface area contributed by atoms with Crippen LogP contribution in [0.2, 0.25) is 18.1 Å². The van der Waals surface area contributed by atoms with Crippen LogP contribution >= 0.6 is 0 Å². The molecule has 1 heterocycles. The Hall–Kier alpha value is -2.73. The molecule has 196 valence electrons. The van der Waals surface area contributed by atoms with Crippen LogP contribution in [0, 0.1) is 0 Å². The number of sulfonamides is 1. The number of hydroxylamine groups is 1. The summed E-state index contributed by atoms with van der Waals surface area (Å²) in [5.41, 5.74) is 2.51. The standard InChI is InChI=1S/C25H35N3O6SSi/c1-19(29)27-16-17-28(23(18-27)24(30)26-34-36(5,6)25(2,3)4)35(31,32)22-14-12-21(13-15-22)33-20-10-8-7-9-11-20/h7-15,23H,16-18H2,1-6H3,(H,26,30). The molecule has 36 heavy (non-hydrogen) atoms. The van der Waals surface area contributed by atoms with Gasteiger partial charge in [-0.3, -0.25) is 9.59 Å². The summed E-state index contributed by atoms with van der Waals surface area (Å²) < 4.78 is 39.9. The van der Waals surface area contributed by atoms with Gasteiger partial charge >= 0.3 is 0 Å². The van der Waals surface area contributed by atoms with E-state index in [9.17, 15) is 18.0 Å². The lowest BCUT2D eigenvalue weighted by Gasteiger charge is -2.40. The largest absolute Gasteiger partial charge is 0.457 e. The molecule has 0 aromatic heterocycles. The number of para-hydroxylation sites is 1. The maximum Gasteiger partial charge on any atom is 0.262 e. The summed E-state index contributed by atoms with van der Waals surface area (Å²) in [6, 6.07) is 14.1. The van der Waals surface area contributed by atoms with Gasteiger partial charge in [0, 0.05) is 26.6 Å². The first-order valence-corrected chi connectivity index (χ1v) is 16.2. The Kier molecular flexibility index (Phi) is 8.29. The fourth-order valence-corrected chi connectivity index (χ4v) is 5.62. The molecule has 1 aliphatic heterocycles. The molecule has 1 saturated heterocycles. The van der Waals surface area contributed by atoms with Crippen molar-refractivity contribution in [2.24, 2.45) is 0 Å². The molecule has 0 radical (unpaired) electrons. The van der Waals surface area contributed by atoms with Gasteiger partial charge in [0.2, 0.25) is 24.2 Å². The second kappa shape index (κ2) is 10.7. The molecule has 2 aromatic carbocycles. The normalized spacial score (nSPS) is 17.5. The first-order chi connectivity index (χ1) is 16.7. The Balaban J connectivity index is 1.82. The van der Waals surface area contributed by atoms with E-state index < -0.39 is 30.3 Å². The van der Waals surface area contributed by atoms with Crippen LogP contribution in [0.3, 0.4) is 0 Å². The van der Waals surface area contributed by atoms with Crippen molar-refractivity contribution >= 4 is 30.2 Å². The molecule has 0 bridgehead atoms. The second-order valence-electron chi connectivity index (χ2n) is 10.3. The van der Waals surface area contributed by atoms with Crippen LogP contribution in [0.4, 0.5) is 0 Å². The summed E-state index contributed by atoms with van der Waals surface area (Å²) in [5.74, 6) is 0.293. The predicted molar refractivity (Wildman–Crippen MR) is 139 cm³/mol. The van der Waals surface area contributed by atoms with E-state index in [1.54, 1.807) is 24.3 Å². The molecule has 2 amide bonds. The summed E-state index contributed by atoms with van der Waals surface area (Å²) in [7, 11) is -6.38. The Morgan fingerprint density at radius 2 is 1.56 bits per heavy atom. The predicted octanol–water partition coefficient (Wildman–Crippen LogP) is 3.75. The minimum absolute atomic E-state index is 0.0115. The molecule has 1 atom stereocenters. The molecule has 11 heteroatoms. The highest BCUT2D eigenvalue weighted by Gasteiger charge is 2.43. The van der Waals surface area contributed by atoms with Crippen molar-refractivity contribution < 1.29 is 27.3 Å². The van der Waals surface area contributed by atoms with Crippen LogP contribution in [0.5, 0.6) is 11.5 Å². The number of hydrogen-bond acceptors (Lipinski definition) is 6. The summed E-state index contributed by atoms with van der Waals surface area (Å²) in [5, 5.41) is -0.159. The molecule has 1 N–H and O–H groups in total. The average Bonchev–Trinajstić information content (AvgIpc) is 2.82. The van der Waals surface area contributed by atoms with Gasteiger partial charge in [-0.25, -0.2) is 13.9 Å². The van der Waals surface area contributed by atoms with Crippen LogP contribution < -0.4 is 10.2 Å². The number of carbonyl (C=O) groups is 2. The fraction of sp³-hybridized carbons (Fsp3) is 0.440. The van der Waals surface area contributed by atoms with Gasteiger partial charge in [0.15, 0.2) is 0 Å². The van der Waals surface area contributed by atoms with Gasteiger partial charge in [0.05, 0.1) is 4.90 Å². The second-order valence-corrected chi connectivity index (χ2v) is 16.9. The van der Waals surface area contributed by atoms with Crippen LogP contribution in [-0.4, -0.2) is 63.4 Å². The molecule has 2 aromatic rings. The van der Waals surface area contributed by atoms with E-state index >= 15 is 0 Å². The smallest absolute Gasteiger partial charge is 0.262 e. The van der Waals surface area contributed by atoms with Gasteiger partial charge in [0.25, 0.3) is 5.91 Å². The SMILES string of the molecule is CC(=O)N1CCN(S(=O)(=O)c2ccc(Oc3ccccc3)cc2)C(C(=O)NO[Si](C)(C)C(C)(C)C)C1. The summed E-state index contributed by atoms with van der Waals surface area (Å²) in [6.07, 6.45) is 0. The van der Waals surface area contributed by atoms with Crippen LogP contribution in [0.1, 0.15) is 27.7 Å². The van der Waals surface area contributed by atoms with E-state index in [0.717, 1.165) is 4.31 Å². The summed E-state index contributed by atoms with van der Waals surface area (Å²) >= 11 is 0. The number of nitrogens with one attached hydrogen (secondary N) is 1.